The monoisotopic (exact) mass is 253 g/mol. The van der Waals surface area contributed by atoms with Crippen molar-refractivity contribution in [3.8, 4) is 5.75 Å². The Balaban J connectivity index is 1.95. The number of nitrogen functional groups attached to an aromatic ring is 1. The average Bonchev–Trinajstić information content (AvgIpc) is 2.46. The maximum atomic E-state index is 5.78. The fraction of sp³-hybridized carbons (Fsp3) is 0.133. The largest absolute Gasteiger partial charge is 0.483 e. The van der Waals surface area contributed by atoms with Crippen molar-refractivity contribution in [2.45, 2.75) is 0 Å². The van der Waals surface area contributed by atoms with Crippen LogP contribution >= 0.6 is 0 Å². The molecule has 0 unspecified atom stereocenters. The predicted octanol–water partition coefficient (Wildman–Crippen LogP) is 2.83. The summed E-state index contributed by atoms with van der Waals surface area (Å²) in [6.07, 6.45) is 0. The highest BCUT2D eigenvalue weighted by atomic mass is 16.5. The van der Waals surface area contributed by atoms with Crippen molar-refractivity contribution >= 4 is 22.9 Å². The summed E-state index contributed by atoms with van der Waals surface area (Å²) in [6, 6.07) is 15.6. The Hall–Kier alpha value is -2.49. The van der Waals surface area contributed by atoms with Crippen molar-refractivity contribution in [2.24, 2.45) is 4.99 Å². The van der Waals surface area contributed by atoms with Gasteiger partial charge in [0.25, 0.3) is 0 Å². The van der Waals surface area contributed by atoms with Crippen molar-refractivity contribution < 1.29 is 4.74 Å². The fourth-order valence-electron chi connectivity index (χ4n) is 2.03. The van der Waals surface area contributed by atoms with Gasteiger partial charge in [-0.25, -0.2) is 4.99 Å². The molecule has 1 aliphatic rings. The molecule has 0 saturated heterocycles. The molecule has 0 saturated carbocycles. The maximum absolute atomic E-state index is 5.78. The molecule has 2 aromatic rings. The molecule has 4 nitrogen and oxygen atoms in total. The van der Waals surface area contributed by atoms with E-state index < -0.39 is 0 Å². The van der Waals surface area contributed by atoms with Crippen LogP contribution in [0.2, 0.25) is 0 Å². The number of aliphatic imine (C=N–C) groups is 1. The number of hydrogen-bond donors (Lipinski definition) is 1. The van der Waals surface area contributed by atoms with Gasteiger partial charge in [-0.15, -0.1) is 0 Å². The lowest BCUT2D eigenvalue weighted by molar-refractivity contribution is 0.370. The third-order valence-electron chi connectivity index (χ3n) is 3.12. The third kappa shape index (κ3) is 2.25. The van der Waals surface area contributed by atoms with Gasteiger partial charge in [-0.1, -0.05) is 18.2 Å². The summed E-state index contributed by atoms with van der Waals surface area (Å²) in [6.45, 7) is 0.461. The SMILES string of the molecule is CN(C1=Nc2cc(N)ccc2OC1)c1ccccc1. The van der Waals surface area contributed by atoms with E-state index in [1.54, 1.807) is 0 Å². The quantitative estimate of drug-likeness (QED) is 0.795. The average molecular weight is 253 g/mol. The van der Waals surface area contributed by atoms with E-state index in [1.165, 1.54) is 0 Å². The molecule has 2 N–H and O–H groups in total. The number of likely N-dealkylation sites (N-methyl/N-ethyl adjacent to an activating group) is 1. The minimum absolute atomic E-state index is 0.461. The van der Waals surface area contributed by atoms with E-state index in [0.29, 0.717) is 12.3 Å². The number of amidine groups is 1. The second-order valence-electron chi connectivity index (χ2n) is 4.44. The molecule has 1 aliphatic heterocycles. The van der Waals surface area contributed by atoms with Crippen LogP contribution < -0.4 is 15.4 Å². The Bertz CT molecular complexity index is 623. The van der Waals surface area contributed by atoms with Crippen LogP contribution in [0.3, 0.4) is 0 Å². The number of ether oxygens (including phenoxy) is 1. The van der Waals surface area contributed by atoms with Crippen LogP contribution in [0, 0.1) is 0 Å². The first-order valence-corrected chi connectivity index (χ1v) is 6.13. The van der Waals surface area contributed by atoms with E-state index in [1.807, 2.05) is 60.5 Å². The van der Waals surface area contributed by atoms with E-state index in [2.05, 4.69) is 4.99 Å². The van der Waals surface area contributed by atoms with Gasteiger partial charge in [0.05, 0.1) is 0 Å². The van der Waals surface area contributed by atoms with E-state index in [9.17, 15) is 0 Å². The van der Waals surface area contributed by atoms with Gasteiger partial charge in [0, 0.05) is 18.4 Å². The first-order chi connectivity index (χ1) is 9.24. The minimum atomic E-state index is 0.461. The van der Waals surface area contributed by atoms with Crippen molar-refractivity contribution in [1.29, 1.82) is 0 Å². The van der Waals surface area contributed by atoms with Gasteiger partial charge < -0.3 is 15.4 Å². The maximum Gasteiger partial charge on any atom is 0.147 e. The molecule has 19 heavy (non-hydrogen) atoms. The van der Waals surface area contributed by atoms with E-state index >= 15 is 0 Å². The Morgan fingerprint density at radius 3 is 2.74 bits per heavy atom. The molecule has 3 rings (SSSR count). The topological polar surface area (TPSA) is 50.8 Å². The highest BCUT2D eigenvalue weighted by molar-refractivity contribution is 6.01. The van der Waals surface area contributed by atoms with E-state index in [0.717, 1.165) is 23.0 Å². The first kappa shape index (κ1) is 11.6. The summed E-state index contributed by atoms with van der Waals surface area (Å²) < 4.78 is 5.71. The summed E-state index contributed by atoms with van der Waals surface area (Å²) in [7, 11) is 1.98. The van der Waals surface area contributed by atoms with Crippen LogP contribution in [0.25, 0.3) is 0 Å². The van der Waals surface area contributed by atoms with Gasteiger partial charge in [-0.05, 0) is 30.3 Å². The number of para-hydroxylation sites is 1. The molecule has 4 heteroatoms. The van der Waals surface area contributed by atoms with Gasteiger partial charge in [-0.2, -0.15) is 0 Å². The van der Waals surface area contributed by atoms with E-state index in [-0.39, 0.29) is 0 Å². The molecule has 1 heterocycles. The van der Waals surface area contributed by atoms with Crippen LogP contribution in [0.4, 0.5) is 17.1 Å². The molecule has 0 spiro atoms. The highest BCUT2D eigenvalue weighted by Crippen LogP contribution is 2.33. The number of fused-ring (bicyclic) bond motifs is 1. The fourth-order valence-corrected chi connectivity index (χ4v) is 2.03. The smallest absolute Gasteiger partial charge is 0.147 e. The van der Waals surface area contributed by atoms with Crippen molar-refractivity contribution in [2.75, 3.05) is 24.3 Å². The van der Waals surface area contributed by atoms with E-state index in [4.69, 9.17) is 10.5 Å². The second-order valence-corrected chi connectivity index (χ2v) is 4.44. The zero-order valence-electron chi connectivity index (χ0n) is 10.7. The number of nitrogens with zero attached hydrogens (tertiary/aromatic N) is 2. The molecule has 2 aromatic carbocycles. The Labute approximate surface area is 112 Å². The third-order valence-corrected chi connectivity index (χ3v) is 3.12. The predicted molar refractivity (Wildman–Crippen MR) is 78.3 cm³/mol. The molecular weight excluding hydrogens is 238 g/mol. The number of hydrogen-bond acceptors (Lipinski definition) is 4. The number of benzene rings is 2. The summed E-state index contributed by atoms with van der Waals surface area (Å²) in [5, 5.41) is 0. The molecule has 0 aromatic heterocycles. The molecular formula is C15H15N3O. The van der Waals surface area contributed by atoms with Crippen LogP contribution in [-0.2, 0) is 0 Å². The van der Waals surface area contributed by atoms with Crippen LogP contribution in [-0.4, -0.2) is 19.5 Å². The highest BCUT2D eigenvalue weighted by Gasteiger charge is 2.17. The lowest BCUT2D eigenvalue weighted by Crippen LogP contribution is -2.32. The zero-order chi connectivity index (χ0) is 13.2. The van der Waals surface area contributed by atoms with Gasteiger partial charge in [0.15, 0.2) is 0 Å². The molecule has 0 amide bonds. The normalized spacial score (nSPS) is 13.2. The van der Waals surface area contributed by atoms with Crippen LogP contribution in [0.1, 0.15) is 0 Å². The molecule has 0 bridgehead atoms. The second kappa shape index (κ2) is 4.65. The Morgan fingerprint density at radius 2 is 1.95 bits per heavy atom. The van der Waals surface area contributed by atoms with Crippen molar-refractivity contribution in [3.05, 3.63) is 48.5 Å². The summed E-state index contributed by atoms with van der Waals surface area (Å²) in [4.78, 5) is 6.64. The molecule has 0 aliphatic carbocycles. The van der Waals surface area contributed by atoms with Gasteiger partial charge in [0.2, 0.25) is 0 Å². The molecule has 0 radical (unpaired) electrons. The van der Waals surface area contributed by atoms with Gasteiger partial charge in [-0.3, -0.25) is 0 Å². The van der Waals surface area contributed by atoms with Crippen molar-refractivity contribution in [3.63, 3.8) is 0 Å². The molecule has 96 valence electrons. The van der Waals surface area contributed by atoms with Gasteiger partial charge in [0.1, 0.15) is 23.9 Å². The zero-order valence-corrected chi connectivity index (χ0v) is 10.7. The van der Waals surface area contributed by atoms with Crippen molar-refractivity contribution in [1.82, 2.24) is 0 Å². The number of nitrogens with two attached hydrogens (primary N) is 1. The summed E-state index contributed by atoms with van der Waals surface area (Å²) >= 11 is 0. The lowest BCUT2D eigenvalue weighted by Gasteiger charge is -2.25. The van der Waals surface area contributed by atoms with Gasteiger partial charge >= 0.3 is 0 Å². The molecule has 0 atom stereocenters. The Kier molecular flexibility index (Phi) is 2.83. The van der Waals surface area contributed by atoms with Crippen LogP contribution in [0.15, 0.2) is 53.5 Å². The lowest BCUT2D eigenvalue weighted by atomic mass is 10.2. The molecule has 0 fully saturated rings. The summed E-state index contributed by atoms with van der Waals surface area (Å²) in [5.74, 6) is 1.64. The Morgan fingerprint density at radius 1 is 1.16 bits per heavy atom. The van der Waals surface area contributed by atoms with Crippen LogP contribution in [0.5, 0.6) is 5.75 Å². The summed E-state index contributed by atoms with van der Waals surface area (Å²) in [5.41, 5.74) is 8.33. The minimum Gasteiger partial charge on any atom is -0.483 e. The number of rotatable bonds is 1. The first-order valence-electron chi connectivity index (χ1n) is 6.13. The number of anilines is 2. The standard InChI is InChI=1S/C15H15N3O/c1-18(12-5-3-2-4-6-12)15-10-19-14-8-7-11(16)9-13(14)17-15/h2-9H,10,16H2,1H3.